The molecule has 0 rings (SSSR count). The van der Waals surface area contributed by atoms with Gasteiger partial charge in [0.05, 0.1) is 6.61 Å². The number of halogens is 2. The number of rotatable bonds is 7. The standard InChI is InChI=1S/C9H16Cl2O3Si/c1-4-14-15(10,11)7-5-6-13-9(12)8(2)3/h2,4-7H2,1,3H3. The number of esters is 1. The predicted molar refractivity (Wildman–Crippen MR) is 64.3 cm³/mol. The van der Waals surface area contributed by atoms with E-state index in [1.165, 1.54) is 0 Å². The zero-order valence-electron chi connectivity index (χ0n) is 9.02. The SMILES string of the molecule is C=C(C)C(=O)OCCC[Si](Cl)(Cl)OCC. The molecule has 0 bridgehead atoms. The van der Waals surface area contributed by atoms with Gasteiger partial charge in [-0.15, -0.1) is 22.2 Å². The van der Waals surface area contributed by atoms with Crippen molar-refractivity contribution in [2.24, 2.45) is 0 Å². The van der Waals surface area contributed by atoms with Crippen LogP contribution in [0.15, 0.2) is 12.2 Å². The highest BCUT2D eigenvalue weighted by atomic mass is 35.7. The molecular weight excluding hydrogens is 255 g/mol. The van der Waals surface area contributed by atoms with Crippen LogP contribution in [-0.4, -0.2) is 26.1 Å². The van der Waals surface area contributed by atoms with Crippen LogP contribution >= 0.6 is 22.2 Å². The summed E-state index contributed by atoms with van der Waals surface area (Å²) in [6.45, 7) is 5.14. The van der Waals surface area contributed by atoms with E-state index in [0.717, 1.165) is 0 Å². The average Bonchev–Trinajstić information content (AvgIpc) is 2.11. The predicted octanol–water partition coefficient (Wildman–Crippen LogP) is 2.95. The smallest absolute Gasteiger partial charge is 0.389 e. The highest BCUT2D eigenvalue weighted by molar-refractivity contribution is 7.42. The average molecular weight is 271 g/mol. The molecule has 3 nitrogen and oxygen atoms in total. The van der Waals surface area contributed by atoms with Gasteiger partial charge in [-0.25, -0.2) is 4.79 Å². The molecule has 0 aromatic rings. The Morgan fingerprint density at radius 1 is 1.47 bits per heavy atom. The molecule has 88 valence electrons. The van der Waals surface area contributed by atoms with E-state index in [4.69, 9.17) is 31.3 Å². The molecule has 0 aliphatic rings. The van der Waals surface area contributed by atoms with Crippen LogP contribution in [0.2, 0.25) is 6.04 Å². The van der Waals surface area contributed by atoms with Gasteiger partial charge >= 0.3 is 12.9 Å². The Labute approximate surface area is 101 Å². The fraction of sp³-hybridized carbons (Fsp3) is 0.667. The van der Waals surface area contributed by atoms with Crippen molar-refractivity contribution >= 4 is 35.1 Å². The maximum absolute atomic E-state index is 11.0. The van der Waals surface area contributed by atoms with Gasteiger partial charge in [-0.1, -0.05) is 6.58 Å². The van der Waals surface area contributed by atoms with Crippen molar-refractivity contribution < 1.29 is 14.0 Å². The normalized spacial score (nSPS) is 11.2. The lowest BCUT2D eigenvalue weighted by Crippen LogP contribution is -2.24. The van der Waals surface area contributed by atoms with Gasteiger partial charge in [0, 0.05) is 12.2 Å². The van der Waals surface area contributed by atoms with Gasteiger partial charge in [0.1, 0.15) is 0 Å². The lowest BCUT2D eigenvalue weighted by molar-refractivity contribution is -0.138. The van der Waals surface area contributed by atoms with Crippen LogP contribution in [-0.2, 0) is 14.0 Å². The molecule has 6 heteroatoms. The summed E-state index contributed by atoms with van der Waals surface area (Å²) in [5.41, 5.74) is 0.389. The van der Waals surface area contributed by atoms with Crippen LogP contribution in [0, 0.1) is 0 Å². The van der Waals surface area contributed by atoms with Crippen molar-refractivity contribution in [3.05, 3.63) is 12.2 Å². The van der Waals surface area contributed by atoms with Gasteiger partial charge in [0.2, 0.25) is 0 Å². The summed E-state index contributed by atoms with van der Waals surface area (Å²) in [7, 11) is 0. The Morgan fingerprint density at radius 2 is 2.07 bits per heavy atom. The van der Waals surface area contributed by atoms with E-state index in [1.54, 1.807) is 6.92 Å². The highest BCUT2D eigenvalue weighted by Gasteiger charge is 2.29. The lowest BCUT2D eigenvalue weighted by atomic mass is 10.4. The van der Waals surface area contributed by atoms with Gasteiger partial charge in [0.25, 0.3) is 0 Å². The Bertz CT molecular complexity index is 231. The quantitative estimate of drug-likeness (QED) is 0.235. The van der Waals surface area contributed by atoms with Crippen LogP contribution < -0.4 is 0 Å². The first kappa shape index (κ1) is 15.0. The fourth-order valence-corrected chi connectivity index (χ4v) is 3.43. The summed E-state index contributed by atoms with van der Waals surface area (Å²) in [5, 5.41) is 0. The van der Waals surface area contributed by atoms with Crippen LogP contribution in [0.4, 0.5) is 0 Å². The van der Waals surface area contributed by atoms with Gasteiger partial charge in [-0.3, -0.25) is 0 Å². The molecule has 0 saturated heterocycles. The van der Waals surface area contributed by atoms with Crippen molar-refractivity contribution in [1.29, 1.82) is 0 Å². The third-order valence-corrected chi connectivity index (χ3v) is 4.98. The summed E-state index contributed by atoms with van der Waals surface area (Å²) in [6, 6.07) is 0.549. The van der Waals surface area contributed by atoms with E-state index in [1.807, 2.05) is 6.92 Å². The molecule has 0 aliphatic carbocycles. The zero-order chi connectivity index (χ0) is 11.9. The van der Waals surface area contributed by atoms with Gasteiger partial charge in [-0.2, -0.15) is 0 Å². The van der Waals surface area contributed by atoms with Crippen LogP contribution in [0.5, 0.6) is 0 Å². The Morgan fingerprint density at radius 3 is 2.53 bits per heavy atom. The molecular formula is C9H16Cl2O3Si. The summed E-state index contributed by atoms with van der Waals surface area (Å²) >= 11 is 11.9. The molecule has 0 spiro atoms. The molecule has 0 N–H and O–H groups in total. The second-order valence-electron chi connectivity index (χ2n) is 3.09. The molecule has 0 fully saturated rings. The first-order chi connectivity index (χ1) is 6.89. The monoisotopic (exact) mass is 270 g/mol. The number of carbonyl (C=O) groups excluding carboxylic acids is 1. The molecule has 0 saturated carbocycles. The van der Waals surface area contributed by atoms with Crippen molar-refractivity contribution in [2.45, 2.75) is 26.3 Å². The lowest BCUT2D eigenvalue weighted by Gasteiger charge is -2.15. The van der Waals surface area contributed by atoms with Crippen LogP contribution in [0.3, 0.4) is 0 Å². The molecule has 0 aliphatic heterocycles. The molecule has 0 heterocycles. The number of ether oxygens (including phenoxy) is 1. The van der Waals surface area contributed by atoms with Crippen molar-refractivity contribution in [3.63, 3.8) is 0 Å². The first-order valence-electron chi connectivity index (χ1n) is 4.73. The van der Waals surface area contributed by atoms with E-state index in [-0.39, 0.29) is 5.97 Å². The fourth-order valence-electron chi connectivity index (χ4n) is 0.849. The second kappa shape index (κ2) is 7.27. The molecule has 0 amide bonds. The van der Waals surface area contributed by atoms with E-state index < -0.39 is 6.94 Å². The molecule has 15 heavy (non-hydrogen) atoms. The molecule has 0 atom stereocenters. The van der Waals surface area contributed by atoms with E-state index in [2.05, 4.69) is 6.58 Å². The highest BCUT2D eigenvalue weighted by Crippen LogP contribution is 2.23. The maximum atomic E-state index is 11.0. The van der Waals surface area contributed by atoms with Gasteiger partial charge in [-0.05, 0) is 26.3 Å². The summed E-state index contributed by atoms with van der Waals surface area (Å²) in [6.07, 6.45) is 0.609. The van der Waals surface area contributed by atoms with Crippen molar-refractivity contribution in [1.82, 2.24) is 0 Å². The van der Waals surface area contributed by atoms with E-state index in [0.29, 0.717) is 31.3 Å². The first-order valence-corrected chi connectivity index (χ1v) is 8.87. The molecule has 0 radical (unpaired) electrons. The maximum Gasteiger partial charge on any atom is 0.389 e. The summed E-state index contributed by atoms with van der Waals surface area (Å²) in [5.74, 6) is -0.386. The Balaban J connectivity index is 3.62. The number of carbonyl (C=O) groups is 1. The molecule has 0 unspecified atom stereocenters. The third kappa shape index (κ3) is 7.85. The Hall–Kier alpha value is -0.0331. The van der Waals surface area contributed by atoms with Crippen LogP contribution in [0.25, 0.3) is 0 Å². The van der Waals surface area contributed by atoms with Gasteiger partial charge < -0.3 is 9.16 Å². The third-order valence-electron chi connectivity index (χ3n) is 1.55. The minimum absolute atomic E-state index is 0.299. The summed E-state index contributed by atoms with van der Waals surface area (Å²) in [4.78, 5) is 11.0. The number of hydrogen-bond acceptors (Lipinski definition) is 3. The van der Waals surface area contributed by atoms with Crippen LogP contribution in [0.1, 0.15) is 20.3 Å². The van der Waals surface area contributed by atoms with Crippen molar-refractivity contribution in [2.75, 3.05) is 13.2 Å². The summed E-state index contributed by atoms with van der Waals surface area (Å²) < 4.78 is 10.1. The second-order valence-corrected chi connectivity index (χ2v) is 9.40. The zero-order valence-corrected chi connectivity index (χ0v) is 11.5. The van der Waals surface area contributed by atoms with E-state index >= 15 is 0 Å². The molecule has 0 aromatic heterocycles. The largest absolute Gasteiger partial charge is 0.462 e. The van der Waals surface area contributed by atoms with E-state index in [9.17, 15) is 4.79 Å². The van der Waals surface area contributed by atoms with Crippen molar-refractivity contribution in [3.8, 4) is 0 Å². The molecule has 0 aromatic carbocycles. The number of hydrogen-bond donors (Lipinski definition) is 0. The van der Waals surface area contributed by atoms with Gasteiger partial charge in [0.15, 0.2) is 0 Å². The topological polar surface area (TPSA) is 35.5 Å². The Kier molecular flexibility index (Phi) is 7.26. The minimum Gasteiger partial charge on any atom is -0.462 e. The minimum atomic E-state index is -2.57.